The number of fused-ring (bicyclic) bond motifs is 1. The smallest absolute Gasteiger partial charge is 0.340 e. The first-order chi connectivity index (χ1) is 8.10. The van der Waals surface area contributed by atoms with Crippen molar-refractivity contribution in [2.75, 3.05) is 5.73 Å². The third-order valence-electron chi connectivity index (χ3n) is 2.23. The highest BCUT2D eigenvalue weighted by Gasteiger charge is 2.13. The number of anilines is 1. The van der Waals surface area contributed by atoms with Crippen LogP contribution in [0.1, 0.15) is 23.7 Å². The molecular formula is C11H12N2O3S. The highest BCUT2D eigenvalue weighted by atomic mass is 32.1. The second kappa shape index (κ2) is 4.68. The number of hydrogen-bond donors (Lipinski definition) is 2. The number of aliphatic hydroxyl groups is 1. The number of aromatic nitrogens is 1. The minimum Gasteiger partial charge on any atom is -0.432 e. The van der Waals surface area contributed by atoms with Crippen LogP contribution in [0.25, 0.3) is 10.2 Å². The van der Waals surface area contributed by atoms with Crippen LogP contribution in [0, 0.1) is 0 Å². The fourth-order valence-electron chi connectivity index (χ4n) is 1.34. The number of esters is 1. The Bertz CT molecular complexity index is 553. The molecule has 17 heavy (non-hydrogen) atoms. The van der Waals surface area contributed by atoms with Gasteiger partial charge in [0, 0.05) is 6.42 Å². The van der Waals surface area contributed by atoms with Gasteiger partial charge in [-0.15, -0.1) is 0 Å². The number of carbonyl (C=O) groups excluding carboxylic acids is 1. The molecular weight excluding hydrogens is 240 g/mol. The lowest BCUT2D eigenvalue weighted by Crippen LogP contribution is -2.16. The van der Waals surface area contributed by atoms with Gasteiger partial charge in [-0.2, -0.15) is 0 Å². The van der Waals surface area contributed by atoms with Crippen molar-refractivity contribution in [1.82, 2.24) is 4.98 Å². The number of benzene rings is 1. The molecule has 0 spiro atoms. The van der Waals surface area contributed by atoms with Gasteiger partial charge in [0.25, 0.3) is 0 Å². The monoisotopic (exact) mass is 252 g/mol. The molecule has 1 atom stereocenters. The average Bonchev–Trinajstić information content (AvgIpc) is 2.67. The van der Waals surface area contributed by atoms with E-state index in [1.54, 1.807) is 25.1 Å². The summed E-state index contributed by atoms with van der Waals surface area (Å²) in [6, 6.07) is 4.97. The van der Waals surface area contributed by atoms with Crippen LogP contribution < -0.4 is 5.73 Å². The van der Waals surface area contributed by atoms with E-state index in [0.29, 0.717) is 17.1 Å². The number of nitrogen functional groups attached to an aromatic ring is 1. The van der Waals surface area contributed by atoms with Crippen molar-refractivity contribution in [3.63, 3.8) is 0 Å². The number of nitrogens with two attached hydrogens (primary N) is 1. The molecule has 6 heteroatoms. The number of thiazole rings is 1. The van der Waals surface area contributed by atoms with E-state index >= 15 is 0 Å². The van der Waals surface area contributed by atoms with Crippen molar-refractivity contribution in [3.8, 4) is 0 Å². The van der Waals surface area contributed by atoms with Crippen molar-refractivity contribution >= 4 is 32.7 Å². The summed E-state index contributed by atoms with van der Waals surface area (Å²) < 4.78 is 5.63. The van der Waals surface area contributed by atoms with Gasteiger partial charge in [0.1, 0.15) is 0 Å². The van der Waals surface area contributed by atoms with Crippen molar-refractivity contribution in [3.05, 3.63) is 23.8 Å². The lowest BCUT2D eigenvalue weighted by Gasteiger charge is -2.09. The summed E-state index contributed by atoms with van der Waals surface area (Å²) in [5.74, 6) is -0.548. The standard InChI is InChI=1S/C11H12N2O3S/c1-2-9(14)16-10(15)6-3-4-7-8(5-6)17-11(12)13-7/h3-5,9,14H,2H2,1H3,(H2,12,13). The van der Waals surface area contributed by atoms with Crippen LogP contribution in [0.2, 0.25) is 0 Å². The molecule has 0 bridgehead atoms. The minimum absolute atomic E-state index is 0.363. The summed E-state index contributed by atoms with van der Waals surface area (Å²) in [5.41, 5.74) is 6.70. The quantitative estimate of drug-likeness (QED) is 0.642. The molecule has 0 amide bonds. The molecule has 1 heterocycles. The molecule has 1 aromatic heterocycles. The molecule has 1 aromatic carbocycles. The Morgan fingerprint density at radius 2 is 2.41 bits per heavy atom. The van der Waals surface area contributed by atoms with Gasteiger partial charge in [0.05, 0.1) is 15.8 Å². The second-order valence-corrected chi connectivity index (χ2v) is 4.57. The van der Waals surface area contributed by atoms with Crippen LogP contribution in [-0.2, 0) is 4.74 Å². The second-order valence-electron chi connectivity index (χ2n) is 3.50. The first kappa shape index (κ1) is 11.8. The van der Waals surface area contributed by atoms with Crippen molar-refractivity contribution in [1.29, 1.82) is 0 Å². The number of rotatable bonds is 3. The first-order valence-corrected chi connectivity index (χ1v) is 5.97. The fourth-order valence-corrected chi connectivity index (χ4v) is 2.12. The predicted octanol–water partition coefficient (Wildman–Crippen LogP) is 1.76. The van der Waals surface area contributed by atoms with E-state index in [1.807, 2.05) is 0 Å². The number of carbonyl (C=O) groups is 1. The largest absolute Gasteiger partial charge is 0.432 e. The number of ether oxygens (including phenoxy) is 1. The van der Waals surface area contributed by atoms with E-state index in [4.69, 9.17) is 10.5 Å². The molecule has 0 saturated carbocycles. The van der Waals surface area contributed by atoms with Crippen LogP contribution in [0.15, 0.2) is 18.2 Å². The van der Waals surface area contributed by atoms with E-state index < -0.39 is 12.3 Å². The Labute approximate surface area is 102 Å². The topological polar surface area (TPSA) is 85.4 Å². The highest BCUT2D eigenvalue weighted by molar-refractivity contribution is 7.22. The van der Waals surface area contributed by atoms with E-state index in [2.05, 4.69) is 4.98 Å². The van der Waals surface area contributed by atoms with Gasteiger partial charge < -0.3 is 15.6 Å². The van der Waals surface area contributed by atoms with Crippen molar-refractivity contribution in [2.45, 2.75) is 19.6 Å². The zero-order valence-electron chi connectivity index (χ0n) is 9.21. The summed E-state index contributed by atoms with van der Waals surface area (Å²) in [5, 5.41) is 9.69. The maximum Gasteiger partial charge on any atom is 0.340 e. The van der Waals surface area contributed by atoms with Gasteiger partial charge in [-0.05, 0) is 18.2 Å². The molecule has 0 aliphatic carbocycles. The molecule has 0 radical (unpaired) electrons. The van der Waals surface area contributed by atoms with Gasteiger partial charge in [-0.3, -0.25) is 0 Å². The van der Waals surface area contributed by atoms with Crippen LogP contribution in [-0.4, -0.2) is 22.3 Å². The van der Waals surface area contributed by atoms with Gasteiger partial charge in [-0.25, -0.2) is 9.78 Å². The Morgan fingerprint density at radius 3 is 3.12 bits per heavy atom. The normalized spacial score (nSPS) is 12.6. The molecule has 0 aliphatic rings. The molecule has 1 unspecified atom stereocenters. The van der Waals surface area contributed by atoms with Gasteiger partial charge in [-0.1, -0.05) is 18.3 Å². The van der Waals surface area contributed by atoms with E-state index in [0.717, 1.165) is 10.2 Å². The molecule has 0 aliphatic heterocycles. The maximum absolute atomic E-state index is 11.6. The Hall–Kier alpha value is -1.66. The Morgan fingerprint density at radius 1 is 1.65 bits per heavy atom. The summed E-state index contributed by atoms with van der Waals surface area (Å²) in [6.07, 6.45) is -0.702. The Balaban J connectivity index is 2.26. The van der Waals surface area contributed by atoms with E-state index in [9.17, 15) is 9.90 Å². The van der Waals surface area contributed by atoms with Gasteiger partial charge >= 0.3 is 5.97 Å². The zero-order valence-corrected chi connectivity index (χ0v) is 10.0. The minimum atomic E-state index is -1.07. The predicted molar refractivity (Wildman–Crippen MR) is 65.7 cm³/mol. The first-order valence-electron chi connectivity index (χ1n) is 5.15. The number of nitrogens with zero attached hydrogens (tertiary/aromatic N) is 1. The third-order valence-corrected chi connectivity index (χ3v) is 3.08. The van der Waals surface area contributed by atoms with Gasteiger partial charge in [0.15, 0.2) is 5.13 Å². The van der Waals surface area contributed by atoms with Crippen molar-refractivity contribution in [2.24, 2.45) is 0 Å². The van der Waals surface area contributed by atoms with Gasteiger partial charge in [0.2, 0.25) is 6.29 Å². The molecule has 5 nitrogen and oxygen atoms in total. The van der Waals surface area contributed by atoms with Crippen LogP contribution in [0.4, 0.5) is 5.13 Å². The SMILES string of the molecule is CCC(O)OC(=O)c1ccc2nc(N)sc2c1. The molecule has 2 rings (SSSR count). The van der Waals surface area contributed by atoms with Crippen LogP contribution in [0.3, 0.4) is 0 Å². The summed E-state index contributed by atoms with van der Waals surface area (Å²) in [6.45, 7) is 1.73. The molecule has 2 aromatic rings. The zero-order chi connectivity index (χ0) is 12.4. The number of aliphatic hydroxyl groups excluding tert-OH is 1. The van der Waals surface area contributed by atoms with Crippen LogP contribution in [0.5, 0.6) is 0 Å². The highest BCUT2D eigenvalue weighted by Crippen LogP contribution is 2.24. The summed E-state index contributed by atoms with van der Waals surface area (Å²) in [4.78, 5) is 15.7. The fraction of sp³-hybridized carbons (Fsp3) is 0.273. The molecule has 0 saturated heterocycles. The van der Waals surface area contributed by atoms with Crippen LogP contribution >= 0.6 is 11.3 Å². The Kier molecular flexibility index (Phi) is 3.26. The summed E-state index contributed by atoms with van der Waals surface area (Å²) in [7, 11) is 0. The summed E-state index contributed by atoms with van der Waals surface area (Å²) >= 11 is 1.30. The van der Waals surface area contributed by atoms with Crippen molar-refractivity contribution < 1.29 is 14.6 Å². The lowest BCUT2D eigenvalue weighted by atomic mass is 10.2. The maximum atomic E-state index is 11.6. The average molecular weight is 252 g/mol. The lowest BCUT2D eigenvalue weighted by molar-refractivity contribution is -0.0656. The number of hydrogen-bond acceptors (Lipinski definition) is 6. The molecule has 3 N–H and O–H groups in total. The van der Waals surface area contributed by atoms with E-state index in [-0.39, 0.29) is 0 Å². The third kappa shape index (κ3) is 2.54. The molecule has 0 fully saturated rings. The van der Waals surface area contributed by atoms with E-state index in [1.165, 1.54) is 11.3 Å². The molecule has 90 valence electrons.